The van der Waals surface area contributed by atoms with Gasteiger partial charge < -0.3 is 4.74 Å². The van der Waals surface area contributed by atoms with E-state index in [1.165, 1.54) is 0 Å². The minimum Gasteiger partial charge on any atom is -0.379 e. The molecular formula is C6H10INO2. The molecule has 0 unspecified atom stereocenters. The lowest BCUT2D eigenvalue weighted by atomic mass is 10.4. The maximum atomic E-state index is 10.6. The standard InChI is InChI=1S/C6H10INO2/c7-6(9)5-8-1-3-10-4-2-8/h1-5H2. The van der Waals surface area contributed by atoms with Crippen molar-refractivity contribution in [2.75, 3.05) is 32.8 Å². The molecule has 0 spiro atoms. The Labute approximate surface area is 73.9 Å². The van der Waals surface area contributed by atoms with Gasteiger partial charge in [0.1, 0.15) is 0 Å². The average Bonchev–Trinajstić information content (AvgIpc) is 1.88. The topological polar surface area (TPSA) is 29.5 Å². The molecule has 10 heavy (non-hydrogen) atoms. The van der Waals surface area contributed by atoms with Gasteiger partial charge in [-0.1, -0.05) is 0 Å². The Morgan fingerprint density at radius 1 is 1.50 bits per heavy atom. The normalized spacial score (nSPS) is 20.9. The minimum atomic E-state index is 0.208. The molecule has 1 aliphatic rings. The third-order valence-corrected chi connectivity index (χ3v) is 1.79. The van der Waals surface area contributed by atoms with Crippen LogP contribution in [0.1, 0.15) is 0 Å². The first-order valence-corrected chi connectivity index (χ1v) is 4.35. The summed E-state index contributed by atoms with van der Waals surface area (Å²) in [7, 11) is 0. The first kappa shape index (κ1) is 8.42. The van der Waals surface area contributed by atoms with Crippen molar-refractivity contribution in [3.63, 3.8) is 0 Å². The van der Waals surface area contributed by atoms with Crippen LogP contribution < -0.4 is 0 Å². The van der Waals surface area contributed by atoms with Crippen molar-refractivity contribution >= 4 is 26.4 Å². The smallest absolute Gasteiger partial charge is 0.206 e. The van der Waals surface area contributed by atoms with E-state index >= 15 is 0 Å². The van der Waals surface area contributed by atoms with Crippen LogP contribution in [0.15, 0.2) is 0 Å². The van der Waals surface area contributed by atoms with Crippen LogP contribution in [0.5, 0.6) is 0 Å². The Kier molecular flexibility index (Phi) is 3.58. The van der Waals surface area contributed by atoms with Crippen LogP contribution in [0.25, 0.3) is 0 Å². The minimum absolute atomic E-state index is 0.208. The zero-order valence-corrected chi connectivity index (χ0v) is 7.83. The summed E-state index contributed by atoms with van der Waals surface area (Å²) < 4.78 is 5.33. The number of rotatable bonds is 2. The molecule has 0 aromatic rings. The number of carbonyl (C=O) groups excluding carboxylic acids is 1. The van der Waals surface area contributed by atoms with E-state index in [1.54, 1.807) is 0 Å². The summed E-state index contributed by atoms with van der Waals surface area (Å²) in [6.07, 6.45) is 0. The number of morpholine rings is 1. The summed E-state index contributed by atoms with van der Waals surface area (Å²) >= 11 is 1.82. The molecule has 0 saturated carbocycles. The zero-order valence-electron chi connectivity index (χ0n) is 5.68. The number of halogens is 1. The first-order valence-electron chi connectivity index (χ1n) is 3.27. The number of carbonyl (C=O) groups is 1. The fourth-order valence-electron chi connectivity index (χ4n) is 0.935. The van der Waals surface area contributed by atoms with E-state index in [9.17, 15) is 4.79 Å². The highest BCUT2D eigenvalue weighted by Crippen LogP contribution is 1.98. The third-order valence-electron chi connectivity index (χ3n) is 1.45. The zero-order chi connectivity index (χ0) is 7.40. The Morgan fingerprint density at radius 3 is 2.60 bits per heavy atom. The second kappa shape index (κ2) is 4.25. The molecule has 4 heteroatoms. The second-order valence-corrected chi connectivity index (χ2v) is 3.45. The van der Waals surface area contributed by atoms with E-state index in [2.05, 4.69) is 4.90 Å². The molecule has 58 valence electrons. The van der Waals surface area contributed by atoms with Gasteiger partial charge in [-0.05, 0) is 0 Å². The largest absolute Gasteiger partial charge is 0.379 e. The van der Waals surface area contributed by atoms with Crippen molar-refractivity contribution in [2.24, 2.45) is 0 Å². The van der Waals surface area contributed by atoms with Crippen LogP contribution >= 0.6 is 22.6 Å². The summed E-state index contributed by atoms with van der Waals surface area (Å²) in [5.41, 5.74) is 0. The highest BCUT2D eigenvalue weighted by atomic mass is 127. The average molecular weight is 255 g/mol. The van der Waals surface area contributed by atoms with Gasteiger partial charge in [-0.3, -0.25) is 9.69 Å². The maximum Gasteiger partial charge on any atom is 0.206 e. The van der Waals surface area contributed by atoms with E-state index in [0.29, 0.717) is 6.54 Å². The van der Waals surface area contributed by atoms with E-state index in [1.807, 2.05) is 22.6 Å². The van der Waals surface area contributed by atoms with Crippen LogP contribution in [0, 0.1) is 0 Å². The maximum absolute atomic E-state index is 10.6. The highest BCUT2D eigenvalue weighted by molar-refractivity contribution is 14.1. The van der Waals surface area contributed by atoms with Crippen LogP contribution in [0.2, 0.25) is 0 Å². The van der Waals surface area contributed by atoms with Gasteiger partial charge in [0.2, 0.25) is 3.79 Å². The summed E-state index contributed by atoms with van der Waals surface area (Å²) in [4.78, 5) is 12.7. The van der Waals surface area contributed by atoms with Gasteiger partial charge in [0, 0.05) is 35.7 Å². The van der Waals surface area contributed by atoms with E-state index in [-0.39, 0.29) is 3.79 Å². The molecule has 1 fully saturated rings. The summed E-state index contributed by atoms with van der Waals surface area (Å²) in [6.45, 7) is 3.90. The summed E-state index contributed by atoms with van der Waals surface area (Å²) in [5, 5.41) is 0. The van der Waals surface area contributed by atoms with E-state index in [4.69, 9.17) is 4.74 Å². The molecule has 1 rings (SSSR count). The first-order chi connectivity index (χ1) is 4.79. The number of hydrogen-bond acceptors (Lipinski definition) is 3. The van der Waals surface area contributed by atoms with Crippen LogP contribution in [-0.2, 0) is 9.53 Å². The molecule has 0 aromatic heterocycles. The quantitative estimate of drug-likeness (QED) is 0.524. The van der Waals surface area contributed by atoms with Gasteiger partial charge in [0.05, 0.1) is 19.8 Å². The Morgan fingerprint density at radius 2 is 2.10 bits per heavy atom. The molecule has 0 N–H and O–H groups in total. The van der Waals surface area contributed by atoms with Crippen LogP contribution in [0.4, 0.5) is 0 Å². The fourth-order valence-corrected chi connectivity index (χ4v) is 1.42. The summed E-state index contributed by atoms with van der Waals surface area (Å²) in [5.74, 6) is 0. The van der Waals surface area contributed by atoms with Crippen molar-refractivity contribution in [1.29, 1.82) is 0 Å². The molecule has 0 atom stereocenters. The molecule has 0 bridgehead atoms. The molecule has 0 radical (unpaired) electrons. The molecule has 1 heterocycles. The number of ether oxygens (including phenoxy) is 1. The lowest BCUT2D eigenvalue weighted by molar-refractivity contribution is -0.111. The summed E-state index contributed by atoms with van der Waals surface area (Å²) in [6, 6.07) is 0. The monoisotopic (exact) mass is 255 g/mol. The van der Waals surface area contributed by atoms with Crippen molar-refractivity contribution in [1.82, 2.24) is 4.90 Å². The number of nitrogens with zero attached hydrogens (tertiary/aromatic N) is 1. The predicted octanol–water partition coefficient (Wildman–Crippen LogP) is 0.280. The van der Waals surface area contributed by atoms with Gasteiger partial charge in [-0.25, -0.2) is 0 Å². The van der Waals surface area contributed by atoms with Gasteiger partial charge in [-0.2, -0.15) is 0 Å². The molecule has 1 aliphatic heterocycles. The Balaban J connectivity index is 2.19. The Bertz CT molecular complexity index is 123. The van der Waals surface area contributed by atoms with E-state index in [0.717, 1.165) is 26.3 Å². The molecule has 1 saturated heterocycles. The van der Waals surface area contributed by atoms with E-state index < -0.39 is 0 Å². The van der Waals surface area contributed by atoms with Gasteiger partial charge in [0.15, 0.2) is 0 Å². The van der Waals surface area contributed by atoms with Crippen molar-refractivity contribution < 1.29 is 9.53 Å². The third kappa shape index (κ3) is 2.94. The SMILES string of the molecule is O=C(I)CN1CCOCC1. The highest BCUT2D eigenvalue weighted by Gasteiger charge is 2.11. The Hall–Kier alpha value is 0.320. The van der Waals surface area contributed by atoms with Crippen LogP contribution in [0.3, 0.4) is 0 Å². The van der Waals surface area contributed by atoms with Gasteiger partial charge >= 0.3 is 0 Å². The lowest BCUT2D eigenvalue weighted by Gasteiger charge is -2.24. The van der Waals surface area contributed by atoms with Crippen LogP contribution in [-0.4, -0.2) is 41.5 Å². The van der Waals surface area contributed by atoms with Crippen molar-refractivity contribution in [2.45, 2.75) is 0 Å². The lowest BCUT2D eigenvalue weighted by Crippen LogP contribution is -2.38. The molecule has 3 nitrogen and oxygen atoms in total. The fraction of sp³-hybridized carbons (Fsp3) is 0.833. The van der Waals surface area contributed by atoms with Gasteiger partial charge in [-0.15, -0.1) is 0 Å². The second-order valence-electron chi connectivity index (χ2n) is 2.24. The van der Waals surface area contributed by atoms with Gasteiger partial charge in [0.25, 0.3) is 0 Å². The van der Waals surface area contributed by atoms with Crippen molar-refractivity contribution in [3.8, 4) is 0 Å². The number of hydrogen-bond donors (Lipinski definition) is 0. The molecule has 0 aromatic carbocycles. The molecule has 0 aliphatic carbocycles. The molecular weight excluding hydrogens is 245 g/mol. The molecule has 0 amide bonds. The van der Waals surface area contributed by atoms with Crippen molar-refractivity contribution in [3.05, 3.63) is 0 Å². The predicted molar refractivity (Wildman–Crippen MR) is 46.3 cm³/mol.